The number of H-pyrrole nitrogens is 1. The third-order valence-electron chi connectivity index (χ3n) is 5.06. The van der Waals surface area contributed by atoms with Crippen LogP contribution in [0.1, 0.15) is 34.5 Å². The summed E-state index contributed by atoms with van der Waals surface area (Å²) >= 11 is 7.22. The second kappa shape index (κ2) is 8.74. The Morgan fingerprint density at radius 1 is 1.32 bits per heavy atom. The summed E-state index contributed by atoms with van der Waals surface area (Å²) in [5.41, 5.74) is -1.78. The SMILES string of the molecule is O=C(NCC1(c2ccc(F)s2)CCCCO1)c1cc(-n2ncc(=O)[nH]c2=O)ccc1Cl. The zero-order chi connectivity index (χ0) is 22.0. The van der Waals surface area contributed by atoms with E-state index in [-0.39, 0.29) is 27.9 Å². The second-order valence-corrected chi connectivity index (χ2v) is 8.54. The first kappa shape index (κ1) is 21.4. The third-order valence-corrected chi connectivity index (χ3v) is 6.45. The van der Waals surface area contributed by atoms with E-state index in [4.69, 9.17) is 16.3 Å². The smallest absolute Gasteiger partial charge is 0.349 e. The van der Waals surface area contributed by atoms with Gasteiger partial charge in [0.05, 0.1) is 22.8 Å². The number of benzene rings is 1. The number of halogens is 2. The number of carbonyl (C=O) groups excluding carboxylic acids is 1. The van der Waals surface area contributed by atoms with E-state index in [0.29, 0.717) is 17.9 Å². The Kier molecular flexibility index (Phi) is 6.03. The van der Waals surface area contributed by atoms with E-state index in [1.807, 2.05) is 0 Å². The minimum absolute atomic E-state index is 0.127. The van der Waals surface area contributed by atoms with Crippen LogP contribution in [0.3, 0.4) is 0 Å². The summed E-state index contributed by atoms with van der Waals surface area (Å²) in [6.07, 6.45) is 3.41. The molecule has 1 aliphatic rings. The number of carbonyl (C=O) groups is 1. The number of ether oxygens (including phenoxy) is 1. The molecule has 0 saturated carbocycles. The number of nitrogens with zero attached hydrogens (tertiary/aromatic N) is 2. The first-order chi connectivity index (χ1) is 14.9. The molecule has 0 spiro atoms. The highest BCUT2D eigenvalue weighted by Gasteiger charge is 2.37. The monoisotopic (exact) mass is 464 g/mol. The fourth-order valence-electron chi connectivity index (χ4n) is 3.51. The van der Waals surface area contributed by atoms with Crippen molar-refractivity contribution in [1.82, 2.24) is 20.1 Å². The van der Waals surface area contributed by atoms with E-state index in [1.54, 1.807) is 6.07 Å². The molecule has 3 heterocycles. The molecule has 3 aromatic rings. The number of nitrogens with one attached hydrogen (secondary N) is 2. The van der Waals surface area contributed by atoms with Gasteiger partial charge in [0.2, 0.25) is 0 Å². The molecule has 1 atom stereocenters. The summed E-state index contributed by atoms with van der Waals surface area (Å²) in [5.74, 6) is -0.477. The van der Waals surface area contributed by atoms with Gasteiger partial charge >= 0.3 is 5.69 Å². The van der Waals surface area contributed by atoms with E-state index in [1.165, 1.54) is 24.3 Å². The Morgan fingerprint density at radius 2 is 2.16 bits per heavy atom. The van der Waals surface area contributed by atoms with Gasteiger partial charge in [-0.3, -0.25) is 14.6 Å². The van der Waals surface area contributed by atoms with Gasteiger partial charge in [0.15, 0.2) is 5.13 Å². The number of hydrogen-bond donors (Lipinski definition) is 2. The minimum Gasteiger partial charge on any atom is -0.368 e. The Balaban J connectivity index is 1.59. The van der Waals surface area contributed by atoms with Crippen LogP contribution in [0.5, 0.6) is 0 Å². The van der Waals surface area contributed by atoms with Gasteiger partial charge in [0, 0.05) is 11.5 Å². The molecular weight excluding hydrogens is 447 g/mol. The Hall–Kier alpha value is -2.82. The number of thiophene rings is 1. The van der Waals surface area contributed by atoms with Crippen molar-refractivity contribution in [2.75, 3.05) is 13.2 Å². The van der Waals surface area contributed by atoms with Crippen LogP contribution in [0.2, 0.25) is 5.02 Å². The summed E-state index contributed by atoms with van der Waals surface area (Å²) in [6.45, 7) is 0.662. The molecule has 1 aromatic carbocycles. The summed E-state index contributed by atoms with van der Waals surface area (Å²) in [4.78, 5) is 39.0. The van der Waals surface area contributed by atoms with E-state index < -0.39 is 22.8 Å². The average molecular weight is 465 g/mol. The number of rotatable bonds is 5. The molecular formula is C20H18ClFN4O4S. The van der Waals surface area contributed by atoms with Gasteiger partial charge in [-0.1, -0.05) is 11.6 Å². The maximum absolute atomic E-state index is 13.6. The number of hydrogen-bond acceptors (Lipinski definition) is 6. The molecule has 0 radical (unpaired) electrons. The van der Waals surface area contributed by atoms with Crippen molar-refractivity contribution in [2.24, 2.45) is 0 Å². The predicted octanol–water partition coefficient (Wildman–Crippen LogP) is 2.60. The highest BCUT2D eigenvalue weighted by molar-refractivity contribution is 7.10. The molecule has 1 saturated heterocycles. The summed E-state index contributed by atoms with van der Waals surface area (Å²) in [6, 6.07) is 7.44. The molecule has 162 valence electrons. The van der Waals surface area contributed by atoms with Gasteiger partial charge in [-0.15, -0.1) is 11.3 Å². The highest BCUT2D eigenvalue weighted by atomic mass is 35.5. The van der Waals surface area contributed by atoms with Gasteiger partial charge in [0.1, 0.15) is 11.8 Å². The molecule has 1 fully saturated rings. The number of aromatic nitrogens is 3. The van der Waals surface area contributed by atoms with E-state index in [9.17, 15) is 18.8 Å². The molecule has 0 bridgehead atoms. The number of amides is 1. The van der Waals surface area contributed by atoms with Gasteiger partial charge in [-0.25, -0.2) is 4.79 Å². The van der Waals surface area contributed by atoms with Gasteiger partial charge < -0.3 is 10.1 Å². The highest BCUT2D eigenvalue weighted by Crippen LogP contribution is 2.38. The summed E-state index contributed by atoms with van der Waals surface area (Å²) in [7, 11) is 0. The van der Waals surface area contributed by atoms with Crippen LogP contribution in [0.25, 0.3) is 5.69 Å². The molecule has 31 heavy (non-hydrogen) atoms. The third kappa shape index (κ3) is 4.46. The molecule has 2 aromatic heterocycles. The quantitative estimate of drug-likeness (QED) is 0.603. The normalized spacial score (nSPS) is 18.6. The molecule has 4 rings (SSSR count). The van der Waals surface area contributed by atoms with Gasteiger partial charge in [0.25, 0.3) is 11.5 Å². The molecule has 8 nitrogen and oxygen atoms in total. The van der Waals surface area contributed by atoms with Crippen LogP contribution in [-0.2, 0) is 10.3 Å². The topological polar surface area (TPSA) is 106 Å². The lowest BCUT2D eigenvalue weighted by atomic mass is 9.92. The van der Waals surface area contributed by atoms with Crippen LogP contribution in [-0.4, -0.2) is 33.8 Å². The van der Waals surface area contributed by atoms with Crippen molar-refractivity contribution in [2.45, 2.75) is 24.9 Å². The van der Waals surface area contributed by atoms with Crippen molar-refractivity contribution in [3.63, 3.8) is 0 Å². The average Bonchev–Trinajstić information content (AvgIpc) is 3.20. The Morgan fingerprint density at radius 3 is 2.84 bits per heavy atom. The Labute approximate surface area is 184 Å². The number of aromatic amines is 1. The Bertz CT molecular complexity index is 1230. The van der Waals surface area contributed by atoms with Gasteiger partial charge in [-0.05, 0) is 49.6 Å². The minimum atomic E-state index is -0.801. The summed E-state index contributed by atoms with van der Waals surface area (Å²) < 4.78 is 20.6. The van der Waals surface area contributed by atoms with Crippen molar-refractivity contribution < 1.29 is 13.9 Å². The summed E-state index contributed by atoms with van der Waals surface area (Å²) in [5, 5.41) is 6.48. The molecule has 0 aliphatic carbocycles. The predicted molar refractivity (Wildman–Crippen MR) is 114 cm³/mol. The maximum atomic E-state index is 13.6. The fourth-order valence-corrected chi connectivity index (χ4v) is 4.61. The zero-order valence-electron chi connectivity index (χ0n) is 16.2. The van der Waals surface area contributed by atoms with E-state index >= 15 is 0 Å². The zero-order valence-corrected chi connectivity index (χ0v) is 17.8. The lowest BCUT2D eigenvalue weighted by Gasteiger charge is -2.36. The van der Waals surface area contributed by atoms with Crippen molar-refractivity contribution in [1.29, 1.82) is 0 Å². The molecule has 11 heteroatoms. The molecule has 1 unspecified atom stereocenters. The van der Waals surface area contributed by atoms with Crippen LogP contribution in [0, 0.1) is 5.13 Å². The van der Waals surface area contributed by atoms with Crippen molar-refractivity contribution in [3.8, 4) is 5.69 Å². The van der Waals surface area contributed by atoms with Crippen LogP contribution < -0.4 is 16.6 Å². The first-order valence-electron chi connectivity index (χ1n) is 9.54. The van der Waals surface area contributed by atoms with Crippen LogP contribution in [0.4, 0.5) is 4.39 Å². The van der Waals surface area contributed by atoms with Gasteiger partial charge in [-0.2, -0.15) is 14.2 Å². The molecule has 1 amide bonds. The van der Waals surface area contributed by atoms with E-state index in [2.05, 4.69) is 15.4 Å². The fraction of sp³-hybridized carbons (Fsp3) is 0.300. The first-order valence-corrected chi connectivity index (χ1v) is 10.7. The van der Waals surface area contributed by atoms with Crippen molar-refractivity contribution >= 4 is 28.8 Å². The second-order valence-electron chi connectivity index (χ2n) is 7.10. The van der Waals surface area contributed by atoms with Crippen molar-refractivity contribution in [3.05, 3.63) is 78.0 Å². The largest absolute Gasteiger partial charge is 0.368 e. The standard InChI is InChI=1S/C20H18ClFN4O4S/c21-14-4-3-12(26-19(29)25-17(27)10-24-26)9-13(14)18(28)23-11-20(7-1-2-8-30-20)15-5-6-16(22)31-15/h3-6,9-10H,1-2,7-8,11H2,(H,23,28)(H,25,27,29). The lowest BCUT2D eigenvalue weighted by molar-refractivity contribution is -0.0784. The molecule has 2 N–H and O–H groups in total. The lowest BCUT2D eigenvalue weighted by Crippen LogP contribution is -2.44. The van der Waals surface area contributed by atoms with E-state index in [0.717, 1.165) is 35.1 Å². The maximum Gasteiger partial charge on any atom is 0.349 e. The molecule has 1 aliphatic heterocycles. The van der Waals surface area contributed by atoms with Crippen LogP contribution in [0.15, 0.2) is 46.1 Å². The van der Waals surface area contributed by atoms with Crippen LogP contribution >= 0.6 is 22.9 Å².